The van der Waals surface area contributed by atoms with Crippen molar-refractivity contribution >= 4 is 0 Å². The lowest BCUT2D eigenvalue weighted by Gasteiger charge is -2.47. The summed E-state index contributed by atoms with van der Waals surface area (Å²) >= 11 is 0. The Hall–Kier alpha value is -1.05. The van der Waals surface area contributed by atoms with Gasteiger partial charge < -0.3 is 10.1 Å². The van der Waals surface area contributed by atoms with Gasteiger partial charge in [-0.15, -0.1) is 10.2 Å². The van der Waals surface area contributed by atoms with Crippen molar-refractivity contribution in [2.24, 2.45) is 7.05 Å². The smallest absolute Gasteiger partial charge is 0.176 e. The molecule has 0 aliphatic carbocycles. The topological polar surface area (TPSA) is 68.1 Å². The lowest BCUT2D eigenvalue weighted by Crippen LogP contribution is -2.62. The molecule has 120 valence electrons. The van der Waals surface area contributed by atoms with Crippen LogP contribution in [0.3, 0.4) is 0 Å². The molecule has 1 aromatic heterocycles. The molecule has 2 unspecified atom stereocenters. The molecule has 1 aliphatic heterocycles. The molecule has 0 spiro atoms. The van der Waals surface area contributed by atoms with Crippen molar-refractivity contribution in [3.05, 3.63) is 5.82 Å². The number of hydrogen-bond acceptors (Lipinski definition) is 6. The molecule has 2 atom stereocenters. The van der Waals surface area contributed by atoms with Crippen LogP contribution < -0.4 is 5.32 Å². The van der Waals surface area contributed by atoms with Crippen molar-refractivity contribution < 1.29 is 4.74 Å². The number of tetrazole rings is 1. The van der Waals surface area contributed by atoms with E-state index in [1.54, 1.807) is 7.05 Å². The van der Waals surface area contributed by atoms with Gasteiger partial charge in [0.05, 0.1) is 20.3 Å². The Bertz CT molecular complexity index is 431. The number of aryl methyl sites for hydroxylation is 1. The van der Waals surface area contributed by atoms with E-state index >= 15 is 0 Å². The average molecular weight is 296 g/mol. The summed E-state index contributed by atoms with van der Waals surface area (Å²) in [6, 6.07) is 0.301. The van der Waals surface area contributed by atoms with Crippen LogP contribution in [-0.4, -0.2) is 69.5 Å². The van der Waals surface area contributed by atoms with Gasteiger partial charge in [0.2, 0.25) is 0 Å². The normalized spacial score (nSPS) is 21.1. The minimum Gasteiger partial charge on any atom is -0.379 e. The summed E-state index contributed by atoms with van der Waals surface area (Å²) < 4.78 is 5.50. The minimum absolute atomic E-state index is 0.0684. The highest BCUT2D eigenvalue weighted by Gasteiger charge is 2.39. The van der Waals surface area contributed by atoms with Gasteiger partial charge in [0.1, 0.15) is 0 Å². The lowest BCUT2D eigenvalue weighted by atomic mass is 9.84. The van der Waals surface area contributed by atoms with Crippen molar-refractivity contribution in [1.29, 1.82) is 0 Å². The zero-order chi connectivity index (χ0) is 15.3. The van der Waals surface area contributed by atoms with E-state index in [9.17, 15) is 0 Å². The van der Waals surface area contributed by atoms with E-state index in [4.69, 9.17) is 4.74 Å². The first-order chi connectivity index (χ1) is 10.1. The van der Waals surface area contributed by atoms with Crippen LogP contribution in [-0.2, 0) is 18.2 Å². The Balaban J connectivity index is 2.15. The molecular weight excluding hydrogens is 268 g/mol. The second-order valence-electron chi connectivity index (χ2n) is 5.82. The summed E-state index contributed by atoms with van der Waals surface area (Å²) in [5.41, 5.74) is 0.0684. The quantitative estimate of drug-likeness (QED) is 0.777. The van der Waals surface area contributed by atoms with Gasteiger partial charge >= 0.3 is 0 Å². The summed E-state index contributed by atoms with van der Waals surface area (Å²) in [6.45, 7) is 11.3. The number of nitrogens with zero attached hydrogens (tertiary/aromatic N) is 5. The fourth-order valence-corrected chi connectivity index (χ4v) is 3.11. The van der Waals surface area contributed by atoms with Gasteiger partial charge in [0.25, 0.3) is 0 Å². The van der Waals surface area contributed by atoms with E-state index < -0.39 is 0 Å². The van der Waals surface area contributed by atoms with E-state index in [1.807, 2.05) is 0 Å². The standard InChI is InChI=1S/C14H28N6O/c1-5-14(3,20-7-9-21-10-8-20)12(15-6-2)11-13-16-18-19(4)17-13/h12,15H,5-11H2,1-4H3. The fourth-order valence-electron chi connectivity index (χ4n) is 3.11. The Morgan fingerprint density at radius 1 is 1.33 bits per heavy atom. The van der Waals surface area contributed by atoms with Crippen LogP contribution in [0.4, 0.5) is 0 Å². The van der Waals surface area contributed by atoms with Gasteiger partial charge in [-0.2, -0.15) is 4.80 Å². The predicted octanol–water partition coefficient (Wildman–Crippen LogP) is 0.232. The first-order valence-electron chi connectivity index (χ1n) is 7.89. The molecule has 1 fully saturated rings. The van der Waals surface area contributed by atoms with Crippen molar-refractivity contribution in [1.82, 2.24) is 30.4 Å². The van der Waals surface area contributed by atoms with Crippen LogP contribution >= 0.6 is 0 Å². The second-order valence-corrected chi connectivity index (χ2v) is 5.82. The Morgan fingerprint density at radius 3 is 2.57 bits per heavy atom. The molecule has 1 aromatic rings. The van der Waals surface area contributed by atoms with Gasteiger partial charge in [-0.25, -0.2) is 0 Å². The van der Waals surface area contributed by atoms with Gasteiger partial charge in [-0.05, 0) is 25.1 Å². The Labute approximate surface area is 127 Å². The summed E-state index contributed by atoms with van der Waals surface area (Å²) in [5.74, 6) is 0.802. The summed E-state index contributed by atoms with van der Waals surface area (Å²) in [5, 5.41) is 16.1. The Kier molecular flexibility index (Phi) is 5.66. The zero-order valence-electron chi connectivity index (χ0n) is 13.7. The van der Waals surface area contributed by atoms with Crippen molar-refractivity contribution in [3.63, 3.8) is 0 Å². The van der Waals surface area contributed by atoms with Gasteiger partial charge in [-0.1, -0.05) is 13.8 Å². The lowest BCUT2D eigenvalue weighted by molar-refractivity contribution is -0.0322. The largest absolute Gasteiger partial charge is 0.379 e. The highest BCUT2D eigenvalue weighted by molar-refractivity contribution is 5.01. The highest BCUT2D eigenvalue weighted by Crippen LogP contribution is 2.26. The number of rotatable bonds is 7. The molecule has 2 rings (SSSR count). The molecule has 21 heavy (non-hydrogen) atoms. The summed E-state index contributed by atoms with van der Waals surface area (Å²) in [6.07, 6.45) is 1.87. The number of likely N-dealkylation sites (N-methyl/N-ethyl adjacent to an activating group) is 1. The third-order valence-electron chi connectivity index (χ3n) is 4.59. The van der Waals surface area contributed by atoms with E-state index in [2.05, 4.69) is 46.4 Å². The van der Waals surface area contributed by atoms with Crippen LogP contribution in [0.15, 0.2) is 0 Å². The zero-order valence-corrected chi connectivity index (χ0v) is 13.7. The summed E-state index contributed by atoms with van der Waals surface area (Å²) in [7, 11) is 1.81. The third kappa shape index (κ3) is 3.78. The molecular formula is C14H28N6O. The molecule has 0 amide bonds. The first-order valence-corrected chi connectivity index (χ1v) is 7.89. The molecule has 2 heterocycles. The number of aromatic nitrogens is 4. The van der Waals surface area contributed by atoms with Crippen LogP contribution in [0, 0.1) is 0 Å². The van der Waals surface area contributed by atoms with Crippen molar-refractivity contribution in [2.75, 3.05) is 32.8 Å². The second kappa shape index (κ2) is 7.29. The highest BCUT2D eigenvalue weighted by atomic mass is 16.5. The third-order valence-corrected chi connectivity index (χ3v) is 4.59. The molecule has 7 nitrogen and oxygen atoms in total. The van der Waals surface area contributed by atoms with Crippen molar-refractivity contribution in [3.8, 4) is 0 Å². The monoisotopic (exact) mass is 296 g/mol. The number of hydrogen-bond donors (Lipinski definition) is 1. The SMILES string of the molecule is CCNC(Cc1nnn(C)n1)C(C)(CC)N1CCOCC1. The fraction of sp³-hybridized carbons (Fsp3) is 0.929. The van der Waals surface area contributed by atoms with Crippen LogP contribution in [0.5, 0.6) is 0 Å². The van der Waals surface area contributed by atoms with E-state index in [1.165, 1.54) is 4.80 Å². The van der Waals surface area contributed by atoms with Gasteiger partial charge in [0.15, 0.2) is 5.82 Å². The molecule has 0 aromatic carbocycles. The molecule has 1 aliphatic rings. The van der Waals surface area contributed by atoms with E-state index in [-0.39, 0.29) is 5.54 Å². The molecule has 1 saturated heterocycles. The molecule has 0 bridgehead atoms. The Morgan fingerprint density at radius 2 is 2.05 bits per heavy atom. The van der Waals surface area contributed by atoms with Gasteiger partial charge in [0, 0.05) is 31.1 Å². The van der Waals surface area contributed by atoms with E-state index in [0.29, 0.717) is 6.04 Å². The van der Waals surface area contributed by atoms with Crippen molar-refractivity contribution in [2.45, 2.75) is 45.2 Å². The molecule has 7 heteroatoms. The molecule has 1 N–H and O–H groups in total. The van der Waals surface area contributed by atoms with Gasteiger partial charge in [-0.3, -0.25) is 4.90 Å². The first kappa shape index (κ1) is 16.3. The van der Waals surface area contributed by atoms with E-state index in [0.717, 1.165) is 51.5 Å². The maximum Gasteiger partial charge on any atom is 0.176 e. The number of morpholine rings is 1. The number of ether oxygens (including phenoxy) is 1. The number of nitrogens with one attached hydrogen (secondary N) is 1. The summed E-state index contributed by atoms with van der Waals surface area (Å²) in [4.78, 5) is 4.07. The van der Waals surface area contributed by atoms with Crippen LogP contribution in [0.25, 0.3) is 0 Å². The predicted molar refractivity (Wildman–Crippen MR) is 81.1 cm³/mol. The maximum absolute atomic E-state index is 5.50. The average Bonchev–Trinajstić information content (AvgIpc) is 2.92. The van der Waals surface area contributed by atoms with Crippen LogP contribution in [0.2, 0.25) is 0 Å². The minimum atomic E-state index is 0.0684. The maximum atomic E-state index is 5.50. The van der Waals surface area contributed by atoms with Crippen LogP contribution in [0.1, 0.15) is 33.0 Å². The molecule has 0 radical (unpaired) electrons. The molecule has 0 saturated carbocycles.